The molecule has 0 aliphatic rings. The van der Waals surface area contributed by atoms with Gasteiger partial charge in [0.2, 0.25) is 0 Å². The maximum Gasteiger partial charge on any atom is 0.123 e. The molecular formula is C16H16BrFO. The predicted octanol–water partition coefficient (Wildman–Crippen LogP) is 5.10. The Hall–Kier alpha value is -1.35. The highest BCUT2D eigenvalue weighted by Crippen LogP contribution is 2.32. The summed E-state index contributed by atoms with van der Waals surface area (Å²) in [6, 6.07) is 14.5. The molecule has 0 fully saturated rings. The first kappa shape index (κ1) is 14.1. The molecule has 0 N–H and O–H groups in total. The Morgan fingerprint density at radius 3 is 2.26 bits per heavy atom. The normalized spacial score (nSPS) is 12.5. The molecule has 0 saturated heterocycles. The number of ether oxygens (including phenoxy) is 1. The van der Waals surface area contributed by atoms with Crippen LogP contribution >= 0.6 is 15.9 Å². The summed E-state index contributed by atoms with van der Waals surface area (Å²) in [7, 11) is 0. The van der Waals surface area contributed by atoms with Crippen molar-refractivity contribution >= 4 is 15.9 Å². The number of hydrogen-bond acceptors (Lipinski definition) is 1. The Kier molecular flexibility index (Phi) is 4.59. The second-order valence-electron chi connectivity index (χ2n) is 4.65. The standard InChI is InChI=1S/C16H16BrFO/c1-11(2)19-15-8-6-12(7-9-15)16(17)13-4-3-5-14(18)10-13/h3-11,16H,1-2H3. The predicted molar refractivity (Wildman–Crippen MR) is 79.4 cm³/mol. The van der Waals surface area contributed by atoms with E-state index in [9.17, 15) is 4.39 Å². The van der Waals surface area contributed by atoms with E-state index in [-0.39, 0.29) is 16.7 Å². The lowest BCUT2D eigenvalue weighted by atomic mass is 10.0. The summed E-state index contributed by atoms with van der Waals surface area (Å²) in [6.45, 7) is 3.99. The van der Waals surface area contributed by atoms with E-state index in [4.69, 9.17) is 4.74 Å². The van der Waals surface area contributed by atoms with Crippen LogP contribution in [0.5, 0.6) is 5.75 Å². The number of benzene rings is 2. The molecule has 2 aromatic rings. The van der Waals surface area contributed by atoms with Gasteiger partial charge in [0.25, 0.3) is 0 Å². The molecule has 0 aromatic heterocycles. The zero-order valence-electron chi connectivity index (χ0n) is 10.9. The summed E-state index contributed by atoms with van der Waals surface area (Å²) < 4.78 is 18.8. The van der Waals surface area contributed by atoms with E-state index in [1.54, 1.807) is 6.07 Å². The van der Waals surface area contributed by atoms with Gasteiger partial charge in [-0.1, -0.05) is 40.2 Å². The van der Waals surface area contributed by atoms with Crippen molar-refractivity contribution in [2.24, 2.45) is 0 Å². The minimum Gasteiger partial charge on any atom is -0.491 e. The van der Waals surface area contributed by atoms with Crippen LogP contribution in [0, 0.1) is 5.82 Å². The maximum absolute atomic E-state index is 13.2. The third-order valence-corrected chi connectivity index (χ3v) is 3.74. The van der Waals surface area contributed by atoms with Gasteiger partial charge in [0, 0.05) is 0 Å². The van der Waals surface area contributed by atoms with Crippen LogP contribution in [-0.4, -0.2) is 6.10 Å². The third-order valence-electron chi connectivity index (χ3n) is 2.69. The smallest absolute Gasteiger partial charge is 0.123 e. The molecule has 0 amide bonds. The van der Waals surface area contributed by atoms with Crippen LogP contribution in [0.25, 0.3) is 0 Å². The van der Waals surface area contributed by atoms with E-state index < -0.39 is 0 Å². The van der Waals surface area contributed by atoms with Crippen LogP contribution in [0.3, 0.4) is 0 Å². The highest BCUT2D eigenvalue weighted by atomic mass is 79.9. The molecular weight excluding hydrogens is 307 g/mol. The van der Waals surface area contributed by atoms with Crippen LogP contribution in [0.1, 0.15) is 29.8 Å². The molecule has 0 bridgehead atoms. The van der Waals surface area contributed by atoms with Gasteiger partial charge in [0.15, 0.2) is 0 Å². The third kappa shape index (κ3) is 3.80. The number of hydrogen-bond donors (Lipinski definition) is 0. The summed E-state index contributed by atoms with van der Waals surface area (Å²) in [6.07, 6.45) is 0.161. The van der Waals surface area contributed by atoms with Crippen molar-refractivity contribution < 1.29 is 9.13 Å². The van der Waals surface area contributed by atoms with Crippen molar-refractivity contribution in [2.45, 2.75) is 24.8 Å². The van der Waals surface area contributed by atoms with Crippen molar-refractivity contribution in [3.63, 3.8) is 0 Å². The Morgan fingerprint density at radius 2 is 1.68 bits per heavy atom. The van der Waals surface area contributed by atoms with E-state index in [1.165, 1.54) is 12.1 Å². The van der Waals surface area contributed by atoms with Crippen LogP contribution < -0.4 is 4.74 Å². The Bertz CT molecular complexity index is 537. The monoisotopic (exact) mass is 322 g/mol. The molecule has 2 rings (SSSR count). The zero-order valence-corrected chi connectivity index (χ0v) is 12.5. The maximum atomic E-state index is 13.2. The topological polar surface area (TPSA) is 9.23 Å². The molecule has 1 nitrogen and oxygen atoms in total. The van der Waals surface area contributed by atoms with Gasteiger partial charge in [-0.05, 0) is 49.2 Å². The molecule has 0 aliphatic heterocycles. The van der Waals surface area contributed by atoms with Crippen LogP contribution in [0.2, 0.25) is 0 Å². The van der Waals surface area contributed by atoms with E-state index in [0.29, 0.717) is 0 Å². The Morgan fingerprint density at radius 1 is 1.00 bits per heavy atom. The van der Waals surface area contributed by atoms with Crippen LogP contribution in [0.15, 0.2) is 48.5 Å². The molecule has 0 saturated carbocycles. The highest BCUT2D eigenvalue weighted by Gasteiger charge is 2.11. The second kappa shape index (κ2) is 6.20. The summed E-state index contributed by atoms with van der Waals surface area (Å²) in [5.41, 5.74) is 1.97. The molecule has 19 heavy (non-hydrogen) atoms. The lowest BCUT2D eigenvalue weighted by Gasteiger charge is -2.13. The Labute approximate surface area is 121 Å². The minimum absolute atomic E-state index is 0.0173. The molecule has 0 radical (unpaired) electrons. The van der Waals surface area contributed by atoms with Gasteiger partial charge in [-0.2, -0.15) is 0 Å². The molecule has 0 heterocycles. The number of halogens is 2. The fourth-order valence-electron chi connectivity index (χ4n) is 1.84. The molecule has 1 atom stereocenters. The average molecular weight is 323 g/mol. The van der Waals surface area contributed by atoms with E-state index >= 15 is 0 Å². The summed E-state index contributed by atoms with van der Waals surface area (Å²) in [5.74, 6) is 0.624. The van der Waals surface area contributed by atoms with E-state index in [2.05, 4.69) is 15.9 Å². The van der Waals surface area contributed by atoms with Crippen LogP contribution in [0.4, 0.5) is 4.39 Å². The van der Waals surface area contributed by atoms with E-state index in [0.717, 1.165) is 16.9 Å². The molecule has 100 valence electrons. The molecule has 1 unspecified atom stereocenters. The van der Waals surface area contributed by atoms with Crippen LogP contribution in [-0.2, 0) is 0 Å². The van der Waals surface area contributed by atoms with Gasteiger partial charge in [-0.25, -0.2) is 4.39 Å². The fourth-order valence-corrected chi connectivity index (χ4v) is 2.43. The van der Waals surface area contributed by atoms with Gasteiger partial charge >= 0.3 is 0 Å². The fraction of sp³-hybridized carbons (Fsp3) is 0.250. The lowest BCUT2D eigenvalue weighted by molar-refractivity contribution is 0.242. The Balaban J connectivity index is 2.17. The van der Waals surface area contributed by atoms with Gasteiger partial charge in [0.1, 0.15) is 11.6 Å². The quantitative estimate of drug-likeness (QED) is 0.712. The number of alkyl halides is 1. The summed E-state index contributed by atoms with van der Waals surface area (Å²) in [4.78, 5) is -0.0173. The van der Waals surface area contributed by atoms with Gasteiger partial charge in [-0.15, -0.1) is 0 Å². The van der Waals surface area contributed by atoms with Crippen molar-refractivity contribution in [1.29, 1.82) is 0 Å². The van der Waals surface area contributed by atoms with Gasteiger partial charge in [-0.3, -0.25) is 0 Å². The van der Waals surface area contributed by atoms with Gasteiger partial charge in [0.05, 0.1) is 10.9 Å². The highest BCUT2D eigenvalue weighted by molar-refractivity contribution is 9.09. The minimum atomic E-state index is -0.221. The lowest BCUT2D eigenvalue weighted by Crippen LogP contribution is -2.05. The van der Waals surface area contributed by atoms with Crippen molar-refractivity contribution in [3.8, 4) is 5.75 Å². The number of rotatable bonds is 4. The zero-order chi connectivity index (χ0) is 13.8. The van der Waals surface area contributed by atoms with Crippen molar-refractivity contribution in [3.05, 3.63) is 65.5 Å². The molecule has 0 aliphatic carbocycles. The molecule has 2 aromatic carbocycles. The van der Waals surface area contributed by atoms with Crippen molar-refractivity contribution in [1.82, 2.24) is 0 Å². The van der Waals surface area contributed by atoms with E-state index in [1.807, 2.05) is 44.2 Å². The first-order chi connectivity index (χ1) is 9.06. The van der Waals surface area contributed by atoms with Crippen molar-refractivity contribution in [2.75, 3.05) is 0 Å². The first-order valence-electron chi connectivity index (χ1n) is 6.22. The van der Waals surface area contributed by atoms with Gasteiger partial charge < -0.3 is 4.74 Å². The molecule has 3 heteroatoms. The first-order valence-corrected chi connectivity index (χ1v) is 7.14. The molecule has 0 spiro atoms. The summed E-state index contributed by atoms with van der Waals surface area (Å²) >= 11 is 3.60. The SMILES string of the molecule is CC(C)Oc1ccc(C(Br)c2cccc(F)c2)cc1. The summed E-state index contributed by atoms with van der Waals surface area (Å²) in [5, 5.41) is 0. The largest absolute Gasteiger partial charge is 0.491 e. The average Bonchev–Trinajstić information content (AvgIpc) is 2.38. The second-order valence-corrected chi connectivity index (χ2v) is 5.57.